The van der Waals surface area contributed by atoms with Crippen LogP contribution in [-0.4, -0.2) is 61.3 Å². The fourth-order valence-corrected chi connectivity index (χ4v) is 2.53. The predicted molar refractivity (Wildman–Crippen MR) is 87.0 cm³/mol. The molecule has 1 fully saturated rings. The smallest absolute Gasteiger partial charge is 0.317 e. The summed E-state index contributed by atoms with van der Waals surface area (Å²) < 4.78 is 5.65. The van der Waals surface area contributed by atoms with Gasteiger partial charge in [-0.05, 0) is 19.1 Å². The van der Waals surface area contributed by atoms with E-state index < -0.39 is 5.97 Å². The summed E-state index contributed by atoms with van der Waals surface area (Å²) in [5, 5.41) is 11.2. The summed E-state index contributed by atoms with van der Waals surface area (Å²) in [6.07, 6.45) is -0.0621. The number of carboxylic acids is 1. The van der Waals surface area contributed by atoms with Crippen LogP contribution in [0.25, 0.3) is 0 Å². The number of nitrogens with one attached hydrogen (secondary N) is 1. The average molecular weight is 321 g/mol. The van der Waals surface area contributed by atoms with Gasteiger partial charge in [0.25, 0.3) is 0 Å². The van der Waals surface area contributed by atoms with Gasteiger partial charge in [-0.25, -0.2) is 4.79 Å². The van der Waals surface area contributed by atoms with E-state index in [1.54, 1.807) is 4.90 Å². The first kappa shape index (κ1) is 16.9. The van der Waals surface area contributed by atoms with Crippen molar-refractivity contribution in [3.05, 3.63) is 24.3 Å². The highest BCUT2D eigenvalue weighted by Crippen LogP contribution is 2.28. The number of piperazine rings is 1. The molecule has 0 unspecified atom stereocenters. The third-order valence-electron chi connectivity index (χ3n) is 3.69. The van der Waals surface area contributed by atoms with Crippen molar-refractivity contribution in [2.24, 2.45) is 0 Å². The molecule has 7 heteroatoms. The number of aliphatic carboxylic acids is 1. The van der Waals surface area contributed by atoms with Crippen LogP contribution in [0.5, 0.6) is 5.75 Å². The molecule has 23 heavy (non-hydrogen) atoms. The topological polar surface area (TPSA) is 82.1 Å². The summed E-state index contributed by atoms with van der Waals surface area (Å²) in [7, 11) is 0. The predicted octanol–water partition coefficient (Wildman–Crippen LogP) is 1.39. The van der Waals surface area contributed by atoms with E-state index >= 15 is 0 Å². The molecule has 1 aromatic carbocycles. The number of hydrogen-bond acceptors (Lipinski definition) is 4. The number of amides is 2. The van der Waals surface area contributed by atoms with Crippen LogP contribution in [0.3, 0.4) is 0 Å². The van der Waals surface area contributed by atoms with Gasteiger partial charge in [-0.2, -0.15) is 0 Å². The summed E-state index contributed by atoms with van der Waals surface area (Å²) in [4.78, 5) is 26.3. The Kier molecular flexibility index (Phi) is 6.08. The zero-order valence-electron chi connectivity index (χ0n) is 13.3. The standard InChI is InChI=1S/C16H23N3O4/c1-2-23-14-6-4-3-5-13(14)18-9-11-19(12-10-18)16(22)17-8-7-15(20)21/h3-6H,2,7-12H2,1H3,(H,17,22)(H,20,21). The molecular formula is C16H23N3O4. The molecule has 2 amide bonds. The van der Waals surface area contributed by atoms with Gasteiger partial charge in [0.05, 0.1) is 18.7 Å². The van der Waals surface area contributed by atoms with Crippen LogP contribution in [0.1, 0.15) is 13.3 Å². The highest BCUT2D eigenvalue weighted by molar-refractivity contribution is 5.75. The number of carbonyl (C=O) groups excluding carboxylic acids is 1. The van der Waals surface area contributed by atoms with Crippen LogP contribution in [-0.2, 0) is 4.79 Å². The van der Waals surface area contributed by atoms with Gasteiger partial charge < -0.3 is 25.0 Å². The summed E-state index contributed by atoms with van der Waals surface area (Å²) in [5.41, 5.74) is 1.04. The largest absolute Gasteiger partial charge is 0.492 e. The van der Waals surface area contributed by atoms with Crippen LogP contribution in [0.2, 0.25) is 0 Å². The molecule has 1 aliphatic heterocycles. The molecule has 1 heterocycles. The Hall–Kier alpha value is -2.44. The minimum Gasteiger partial charge on any atom is -0.492 e. The van der Waals surface area contributed by atoms with E-state index in [-0.39, 0.29) is 19.0 Å². The zero-order chi connectivity index (χ0) is 16.7. The van der Waals surface area contributed by atoms with Crippen molar-refractivity contribution in [1.82, 2.24) is 10.2 Å². The molecule has 7 nitrogen and oxygen atoms in total. The van der Waals surface area contributed by atoms with Gasteiger partial charge in [-0.1, -0.05) is 12.1 Å². The van der Waals surface area contributed by atoms with Gasteiger partial charge in [0, 0.05) is 32.7 Å². The number of nitrogens with zero attached hydrogens (tertiary/aromatic N) is 2. The first-order chi connectivity index (χ1) is 11.1. The Bertz CT molecular complexity index is 542. The van der Waals surface area contributed by atoms with Crippen LogP contribution in [0, 0.1) is 0 Å². The molecule has 0 atom stereocenters. The number of ether oxygens (including phenoxy) is 1. The number of urea groups is 1. The number of rotatable bonds is 6. The summed E-state index contributed by atoms with van der Waals surface area (Å²) in [5.74, 6) is -0.0583. The molecule has 0 spiro atoms. The van der Waals surface area contributed by atoms with Crippen LogP contribution in [0.4, 0.5) is 10.5 Å². The molecule has 0 saturated carbocycles. The van der Waals surface area contributed by atoms with Crippen molar-refractivity contribution in [3.8, 4) is 5.75 Å². The maximum atomic E-state index is 12.0. The third kappa shape index (κ3) is 4.77. The van der Waals surface area contributed by atoms with E-state index in [1.165, 1.54) is 0 Å². The van der Waals surface area contributed by atoms with Crippen molar-refractivity contribution in [2.75, 3.05) is 44.2 Å². The third-order valence-corrected chi connectivity index (χ3v) is 3.69. The van der Waals surface area contributed by atoms with Gasteiger partial charge in [0.15, 0.2) is 0 Å². The molecule has 0 bridgehead atoms. The van der Waals surface area contributed by atoms with Crippen molar-refractivity contribution in [3.63, 3.8) is 0 Å². The molecule has 1 saturated heterocycles. The Morgan fingerprint density at radius 2 is 1.91 bits per heavy atom. The second-order valence-corrected chi connectivity index (χ2v) is 5.25. The van der Waals surface area contributed by atoms with Crippen molar-refractivity contribution < 1.29 is 19.4 Å². The lowest BCUT2D eigenvalue weighted by Gasteiger charge is -2.36. The fourth-order valence-electron chi connectivity index (χ4n) is 2.53. The zero-order valence-corrected chi connectivity index (χ0v) is 13.3. The molecule has 126 valence electrons. The van der Waals surface area contributed by atoms with Gasteiger partial charge in [-0.15, -0.1) is 0 Å². The van der Waals surface area contributed by atoms with E-state index in [1.807, 2.05) is 31.2 Å². The molecule has 2 N–H and O–H groups in total. The van der Waals surface area contributed by atoms with E-state index in [0.717, 1.165) is 24.5 Å². The van der Waals surface area contributed by atoms with Gasteiger partial charge in [-0.3, -0.25) is 4.79 Å². The molecule has 2 rings (SSSR count). The lowest BCUT2D eigenvalue weighted by molar-refractivity contribution is -0.136. The van der Waals surface area contributed by atoms with Gasteiger partial charge >= 0.3 is 12.0 Å². The van der Waals surface area contributed by atoms with E-state index in [0.29, 0.717) is 19.7 Å². The minimum atomic E-state index is -0.914. The van der Waals surface area contributed by atoms with Crippen LogP contribution < -0.4 is 15.0 Å². The number of carbonyl (C=O) groups is 2. The molecule has 1 aromatic rings. The second kappa shape index (κ2) is 8.26. The maximum absolute atomic E-state index is 12.0. The Labute approximate surface area is 135 Å². The second-order valence-electron chi connectivity index (χ2n) is 5.25. The minimum absolute atomic E-state index is 0.0621. The lowest BCUT2D eigenvalue weighted by Crippen LogP contribution is -2.52. The van der Waals surface area contributed by atoms with E-state index in [4.69, 9.17) is 9.84 Å². The van der Waals surface area contributed by atoms with E-state index in [9.17, 15) is 9.59 Å². The number of carboxylic acid groups (broad SMARTS) is 1. The average Bonchev–Trinajstić information content (AvgIpc) is 2.55. The molecule has 0 radical (unpaired) electrons. The summed E-state index contributed by atoms with van der Waals surface area (Å²) >= 11 is 0. The molecule has 0 aliphatic carbocycles. The summed E-state index contributed by atoms with van der Waals surface area (Å²) in [6.45, 7) is 5.35. The first-order valence-corrected chi connectivity index (χ1v) is 7.83. The van der Waals surface area contributed by atoms with Crippen molar-refractivity contribution in [1.29, 1.82) is 0 Å². The number of hydrogen-bond donors (Lipinski definition) is 2. The Morgan fingerprint density at radius 3 is 2.57 bits per heavy atom. The Balaban J connectivity index is 1.86. The SMILES string of the molecule is CCOc1ccccc1N1CCN(C(=O)NCCC(=O)O)CC1. The van der Waals surface area contributed by atoms with Crippen LogP contribution in [0.15, 0.2) is 24.3 Å². The number of benzene rings is 1. The number of anilines is 1. The maximum Gasteiger partial charge on any atom is 0.317 e. The van der Waals surface area contributed by atoms with Crippen molar-refractivity contribution >= 4 is 17.7 Å². The highest BCUT2D eigenvalue weighted by atomic mass is 16.5. The van der Waals surface area contributed by atoms with Crippen molar-refractivity contribution in [2.45, 2.75) is 13.3 Å². The molecular weight excluding hydrogens is 298 g/mol. The van der Waals surface area contributed by atoms with Gasteiger partial charge in [0.1, 0.15) is 5.75 Å². The normalized spacial score (nSPS) is 14.5. The first-order valence-electron chi connectivity index (χ1n) is 7.83. The summed E-state index contributed by atoms with van der Waals surface area (Å²) in [6, 6.07) is 7.69. The van der Waals surface area contributed by atoms with Gasteiger partial charge in [0.2, 0.25) is 0 Å². The van der Waals surface area contributed by atoms with E-state index in [2.05, 4.69) is 10.2 Å². The van der Waals surface area contributed by atoms with Crippen LogP contribution >= 0.6 is 0 Å². The lowest BCUT2D eigenvalue weighted by atomic mass is 10.2. The quantitative estimate of drug-likeness (QED) is 0.827. The fraction of sp³-hybridized carbons (Fsp3) is 0.500. The monoisotopic (exact) mass is 321 g/mol. The molecule has 1 aliphatic rings. The number of para-hydroxylation sites is 2. The highest BCUT2D eigenvalue weighted by Gasteiger charge is 2.22. The Morgan fingerprint density at radius 1 is 1.22 bits per heavy atom. The molecule has 0 aromatic heterocycles.